The van der Waals surface area contributed by atoms with Gasteiger partial charge in [0.05, 0.1) is 25.3 Å². The first-order valence-corrected chi connectivity index (χ1v) is 19.5. The molecule has 2 aliphatic heterocycles. The topological polar surface area (TPSA) is 205 Å². The van der Waals surface area contributed by atoms with Crippen LogP contribution in [0.15, 0.2) is 95.9 Å². The highest BCUT2D eigenvalue weighted by Crippen LogP contribution is 2.38. The number of rotatable bonds is 12. The summed E-state index contributed by atoms with van der Waals surface area (Å²) in [7, 11) is -0.785. The average Bonchev–Trinajstić information content (AvgIpc) is 3.47. The van der Waals surface area contributed by atoms with E-state index in [2.05, 4.69) is 5.32 Å². The van der Waals surface area contributed by atoms with Crippen LogP contribution >= 0.6 is 0 Å². The minimum Gasteiger partial charge on any atom is -0.493 e. The molecule has 17 heteroatoms. The molecule has 0 radical (unpaired) electrons. The number of hydrogen-bond acceptors (Lipinski definition) is 12. The molecule has 5 N–H and O–H groups in total. The number of carbonyl (C=O) groups is 3. The molecule has 304 valence electrons. The van der Waals surface area contributed by atoms with Crippen molar-refractivity contribution >= 4 is 33.4 Å². The molecule has 16 nitrogen and oxygen atoms in total. The van der Waals surface area contributed by atoms with Gasteiger partial charge in [0.1, 0.15) is 40.8 Å². The summed E-state index contributed by atoms with van der Waals surface area (Å²) in [5, 5.41) is 20.7. The second-order valence-corrected chi connectivity index (χ2v) is 15.4. The molecule has 3 amide bonds. The molecule has 3 atom stereocenters. The molecule has 0 unspecified atom stereocenters. The van der Waals surface area contributed by atoms with E-state index in [9.17, 15) is 22.8 Å². The van der Waals surface area contributed by atoms with Crippen LogP contribution in [0.1, 0.15) is 38.3 Å². The number of nitrogens with one attached hydrogen (secondary N) is 3. The largest absolute Gasteiger partial charge is 0.493 e. The molecule has 1 fully saturated rings. The molecule has 0 aliphatic carbocycles. The van der Waals surface area contributed by atoms with Gasteiger partial charge in [-0.05, 0) is 74.7 Å². The number of amides is 3. The predicted octanol–water partition coefficient (Wildman–Crippen LogP) is 4.46. The molecule has 0 spiro atoms. The standard InChI is InChI=1S/C22H26N2O6.C18H21N3O5S/c1-14(20(25)23-27)24-12-11-22(2,21(24)26)15-5-7-16(8-6-15)30-17-9-10-18(28-3)19(13-17)29-4;1-13(18(22)20-23)21-10-9-19-16-11-15(7-8-17(16)27(21,24)25)26-12-14-5-3-2-4-6-14/h5-10,13-14,27H,11-12H2,1-4H3,(H,23,25);2-8,11,13,19,23H,9-10,12H2,1H3,(H,20,22)/t14-,22+;13-/m11/s1. The van der Waals surface area contributed by atoms with Crippen LogP contribution in [0.4, 0.5) is 5.69 Å². The van der Waals surface area contributed by atoms with Gasteiger partial charge in [-0.15, -0.1) is 0 Å². The summed E-state index contributed by atoms with van der Waals surface area (Å²) in [6.45, 7) is 6.09. The molecule has 0 aromatic heterocycles. The van der Waals surface area contributed by atoms with Crippen LogP contribution in [0.25, 0.3) is 0 Å². The molecule has 4 aromatic rings. The summed E-state index contributed by atoms with van der Waals surface area (Å²) in [5.74, 6) is 1.39. The average molecular weight is 806 g/mol. The first-order valence-electron chi connectivity index (χ1n) is 18.0. The van der Waals surface area contributed by atoms with Crippen LogP contribution in [0, 0.1) is 0 Å². The number of sulfonamides is 1. The van der Waals surface area contributed by atoms with Crippen molar-refractivity contribution in [2.45, 2.75) is 56.2 Å². The lowest BCUT2D eigenvalue weighted by Gasteiger charge is -2.27. The number of likely N-dealkylation sites (tertiary alicyclic amines) is 1. The number of hydrogen-bond donors (Lipinski definition) is 5. The Bertz CT molecular complexity index is 2150. The highest BCUT2D eigenvalue weighted by Gasteiger charge is 2.46. The van der Waals surface area contributed by atoms with Gasteiger partial charge in [0.2, 0.25) is 15.9 Å². The molecule has 0 saturated carbocycles. The van der Waals surface area contributed by atoms with Crippen molar-refractivity contribution in [1.82, 2.24) is 20.2 Å². The third kappa shape index (κ3) is 9.40. The van der Waals surface area contributed by atoms with Gasteiger partial charge in [-0.3, -0.25) is 24.8 Å². The summed E-state index contributed by atoms with van der Waals surface area (Å²) >= 11 is 0. The molecule has 57 heavy (non-hydrogen) atoms. The first kappa shape index (κ1) is 42.3. The Morgan fingerprint density at radius 2 is 1.46 bits per heavy atom. The van der Waals surface area contributed by atoms with Crippen LogP contribution < -0.4 is 35.2 Å². The quantitative estimate of drug-likeness (QED) is 0.0995. The number of hydroxylamine groups is 2. The number of fused-ring (bicyclic) bond motifs is 1. The molecule has 0 bridgehead atoms. The zero-order valence-electron chi connectivity index (χ0n) is 32.2. The lowest BCUT2D eigenvalue weighted by Crippen LogP contribution is -2.47. The highest BCUT2D eigenvalue weighted by atomic mass is 32.2. The van der Waals surface area contributed by atoms with Gasteiger partial charge in [0.15, 0.2) is 11.5 Å². The van der Waals surface area contributed by atoms with Gasteiger partial charge >= 0.3 is 0 Å². The van der Waals surface area contributed by atoms with E-state index in [0.717, 1.165) is 15.4 Å². The first-order chi connectivity index (χ1) is 27.3. The summed E-state index contributed by atoms with van der Waals surface area (Å²) in [6, 6.07) is 25.1. The van der Waals surface area contributed by atoms with E-state index in [1.54, 1.807) is 69.1 Å². The van der Waals surface area contributed by atoms with E-state index in [4.69, 9.17) is 29.4 Å². The van der Waals surface area contributed by atoms with E-state index in [1.807, 2.05) is 49.4 Å². The van der Waals surface area contributed by atoms with Crippen molar-refractivity contribution < 1.29 is 52.2 Å². The second kappa shape index (κ2) is 18.4. The molecule has 6 rings (SSSR count). The van der Waals surface area contributed by atoms with E-state index in [0.29, 0.717) is 60.6 Å². The molecule has 2 heterocycles. The maximum atomic E-state index is 13.0. The van der Waals surface area contributed by atoms with Gasteiger partial charge in [-0.2, -0.15) is 4.31 Å². The molecule has 1 saturated heterocycles. The number of anilines is 1. The Morgan fingerprint density at radius 3 is 2.11 bits per heavy atom. The van der Waals surface area contributed by atoms with E-state index >= 15 is 0 Å². The zero-order chi connectivity index (χ0) is 41.3. The highest BCUT2D eigenvalue weighted by molar-refractivity contribution is 7.89. The summed E-state index contributed by atoms with van der Waals surface area (Å²) in [6.07, 6.45) is 0.574. The van der Waals surface area contributed by atoms with Gasteiger partial charge in [0.25, 0.3) is 11.8 Å². The third-order valence-corrected chi connectivity index (χ3v) is 12.0. The van der Waals surface area contributed by atoms with Crippen LogP contribution in [-0.4, -0.2) is 91.7 Å². The zero-order valence-corrected chi connectivity index (χ0v) is 33.0. The van der Waals surface area contributed by atoms with Crippen LogP contribution in [0.3, 0.4) is 0 Å². The molecular formula is C40H47N5O11S. The van der Waals surface area contributed by atoms with Crippen molar-refractivity contribution in [2.24, 2.45) is 0 Å². The minimum atomic E-state index is -3.91. The van der Waals surface area contributed by atoms with E-state index in [1.165, 1.54) is 23.4 Å². The Morgan fingerprint density at radius 1 is 0.825 bits per heavy atom. The SMILES string of the molecule is COc1ccc(Oc2ccc([C@]3(C)CCN([C@H](C)C(=O)NO)C3=O)cc2)cc1OC.C[C@H](C(=O)NO)N1CCNc2cc(OCc3ccccc3)ccc2S1(=O)=O. The van der Waals surface area contributed by atoms with Gasteiger partial charge in [-0.1, -0.05) is 42.5 Å². The lowest BCUT2D eigenvalue weighted by molar-refractivity contribution is -0.143. The second-order valence-electron chi connectivity index (χ2n) is 13.5. The Balaban J connectivity index is 0.000000219. The fraction of sp³-hybridized carbons (Fsp3) is 0.325. The number of methoxy groups -OCH3 is 2. The Kier molecular flexibility index (Phi) is 13.6. The summed E-state index contributed by atoms with van der Waals surface area (Å²) in [4.78, 5) is 37.9. The minimum absolute atomic E-state index is 0.0599. The summed E-state index contributed by atoms with van der Waals surface area (Å²) < 4.78 is 49.1. The Hall–Kier alpha value is -5.88. The van der Waals surface area contributed by atoms with Gasteiger partial charge in [0, 0.05) is 31.8 Å². The van der Waals surface area contributed by atoms with Crippen molar-refractivity contribution in [3.63, 3.8) is 0 Å². The smallest absolute Gasteiger partial charge is 0.265 e. The normalized spacial score (nSPS) is 18.3. The number of carbonyl (C=O) groups excluding carboxylic acids is 3. The van der Waals surface area contributed by atoms with Crippen LogP contribution in [0.2, 0.25) is 0 Å². The lowest BCUT2D eigenvalue weighted by atomic mass is 9.81. The fourth-order valence-corrected chi connectivity index (χ4v) is 8.27. The van der Waals surface area contributed by atoms with E-state index in [-0.39, 0.29) is 17.3 Å². The molecular weight excluding hydrogens is 759 g/mol. The maximum Gasteiger partial charge on any atom is 0.265 e. The Labute approximate surface area is 331 Å². The van der Waals surface area contributed by atoms with Crippen molar-refractivity contribution in [2.75, 3.05) is 39.2 Å². The number of benzene rings is 4. The third-order valence-electron chi connectivity index (χ3n) is 9.98. The van der Waals surface area contributed by atoms with Crippen LogP contribution in [-0.2, 0) is 36.4 Å². The van der Waals surface area contributed by atoms with Crippen molar-refractivity contribution in [3.05, 3.63) is 102 Å². The number of nitrogens with zero attached hydrogens (tertiary/aromatic N) is 2. The van der Waals surface area contributed by atoms with Gasteiger partial charge < -0.3 is 29.2 Å². The monoisotopic (exact) mass is 805 g/mol. The fourth-order valence-electron chi connectivity index (χ4n) is 6.52. The van der Waals surface area contributed by atoms with Crippen LogP contribution in [0.5, 0.6) is 28.7 Å². The van der Waals surface area contributed by atoms with E-state index < -0.39 is 39.3 Å². The predicted molar refractivity (Wildman–Crippen MR) is 208 cm³/mol. The maximum absolute atomic E-state index is 13.0. The molecule has 2 aliphatic rings. The molecule has 4 aromatic carbocycles. The van der Waals surface area contributed by atoms with Crippen molar-refractivity contribution in [1.29, 1.82) is 0 Å². The summed E-state index contributed by atoms with van der Waals surface area (Å²) in [5.41, 5.74) is 4.62. The number of ether oxygens (including phenoxy) is 4. The van der Waals surface area contributed by atoms with Gasteiger partial charge in [-0.25, -0.2) is 19.4 Å². The van der Waals surface area contributed by atoms with Crippen molar-refractivity contribution in [3.8, 4) is 28.7 Å².